The number of nitrogens with one attached hydrogen (secondary N) is 2. The molecule has 3 N–H and O–H groups in total. The number of fused-ring (bicyclic) bond motifs is 1. The smallest absolute Gasteiger partial charge is 0.326 e. The van der Waals surface area contributed by atoms with Gasteiger partial charge in [0.05, 0.1) is 11.8 Å². The maximum Gasteiger partial charge on any atom is 0.326 e. The highest BCUT2D eigenvalue weighted by atomic mass is 16.5. The highest BCUT2D eigenvalue weighted by Gasteiger charge is 2.28. The van der Waals surface area contributed by atoms with Gasteiger partial charge in [0.2, 0.25) is 0 Å². The summed E-state index contributed by atoms with van der Waals surface area (Å²) in [5.74, 6) is -0.546. The van der Waals surface area contributed by atoms with E-state index < -0.39 is 22.9 Å². The van der Waals surface area contributed by atoms with Crippen LogP contribution in [0.3, 0.4) is 0 Å². The Morgan fingerprint density at radius 3 is 2.31 bits per heavy atom. The van der Waals surface area contributed by atoms with Gasteiger partial charge in [0, 0.05) is 23.1 Å². The van der Waals surface area contributed by atoms with Crippen molar-refractivity contribution in [1.82, 2.24) is 4.98 Å². The van der Waals surface area contributed by atoms with Gasteiger partial charge in [-0.3, -0.25) is 9.59 Å². The van der Waals surface area contributed by atoms with Gasteiger partial charge < -0.3 is 20.5 Å². The van der Waals surface area contributed by atoms with Crippen molar-refractivity contribution in [2.24, 2.45) is 0 Å². The molecule has 5 rings (SSSR count). The molecule has 0 bridgehead atoms. The third-order valence-electron chi connectivity index (χ3n) is 6.30. The first kappa shape index (κ1) is 25.7. The monoisotopic (exact) mass is 521 g/mol. The fourth-order valence-electron chi connectivity index (χ4n) is 4.37. The predicted molar refractivity (Wildman–Crippen MR) is 153 cm³/mol. The number of ether oxygens (including phenoxy) is 1. The van der Waals surface area contributed by atoms with E-state index in [0.717, 1.165) is 33.3 Å². The topological polar surface area (TPSA) is 118 Å². The number of pyridine rings is 1. The van der Waals surface area contributed by atoms with E-state index in [1.54, 1.807) is 13.8 Å². The van der Waals surface area contributed by atoms with Crippen LogP contribution in [0.5, 0.6) is 5.75 Å². The van der Waals surface area contributed by atoms with Crippen LogP contribution in [0.2, 0.25) is 0 Å². The van der Waals surface area contributed by atoms with Crippen LogP contribution in [0.4, 0.5) is 17.2 Å². The molecule has 1 aromatic heterocycles. The van der Waals surface area contributed by atoms with Gasteiger partial charge in [-0.15, -0.1) is 0 Å². The van der Waals surface area contributed by atoms with Gasteiger partial charge in [0.25, 0.3) is 10.9 Å². The zero-order chi connectivity index (χ0) is 27.5. The lowest BCUT2D eigenvalue weighted by Gasteiger charge is -2.20. The number of carbonyl (C=O) groups is 1. The number of benzene rings is 3. The van der Waals surface area contributed by atoms with Crippen molar-refractivity contribution in [3.8, 4) is 17.0 Å². The van der Waals surface area contributed by atoms with Crippen LogP contribution >= 0.6 is 0 Å². The third kappa shape index (κ3) is 5.50. The summed E-state index contributed by atoms with van der Waals surface area (Å²) < 4.78 is 5.39. The molecule has 39 heavy (non-hydrogen) atoms. The van der Waals surface area contributed by atoms with Gasteiger partial charge in [-0.1, -0.05) is 66.7 Å². The van der Waals surface area contributed by atoms with E-state index in [1.165, 1.54) is 0 Å². The molecule has 0 unspecified atom stereocenters. The molecule has 8 heteroatoms. The summed E-state index contributed by atoms with van der Waals surface area (Å²) in [5, 5.41) is 17.9. The Kier molecular flexibility index (Phi) is 7.10. The van der Waals surface area contributed by atoms with E-state index in [2.05, 4.69) is 16.7 Å². The fourth-order valence-corrected chi connectivity index (χ4v) is 4.37. The Hall–Kier alpha value is -4.98. The van der Waals surface area contributed by atoms with Gasteiger partial charge in [-0.25, -0.2) is 9.78 Å². The van der Waals surface area contributed by atoms with Gasteiger partial charge in [-0.2, -0.15) is 0 Å². The minimum atomic E-state index is -1.14. The molecule has 0 aliphatic heterocycles. The fraction of sp³-hybridized carbons (Fsp3) is 0.161. The molecule has 0 radical (unpaired) electrons. The van der Waals surface area contributed by atoms with Crippen molar-refractivity contribution in [3.05, 3.63) is 111 Å². The van der Waals surface area contributed by atoms with Gasteiger partial charge >= 0.3 is 5.97 Å². The highest BCUT2D eigenvalue weighted by Crippen LogP contribution is 2.30. The van der Waals surface area contributed by atoms with E-state index in [-0.39, 0.29) is 24.0 Å². The quantitative estimate of drug-likeness (QED) is 0.216. The normalized spacial score (nSPS) is 12.0. The molecule has 0 fully saturated rings. The van der Waals surface area contributed by atoms with Gasteiger partial charge in [-0.05, 0) is 43.0 Å². The van der Waals surface area contributed by atoms with E-state index in [1.807, 2.05) is 78.9 Å². The lowest BCUT2D eigenvalue weighted by atomic mass is 10.0. The zero-order valence-electron chi connectivity index (χ0n) is 21.5. The number of nitrogens with zero attached hydrogens (tertiary/aromatic N) is 1. The van der Waals surface area contributed by atoms with Crippen molar-refractivity contribution < 1.29 is 14.6 Å². The van der Waals surface area contributed by atoms with E-state index in [4.69, 9.17) is 9.72 Å². The van der Waals surface area contributed by atoms with Gasteiger partial charge in [0.1, 0.15) is 17.5 Å². The Morgan fingerprint density at radius 1 is 0.923 bits per heavy atom. The maximum absolute atomic E-state index is 12.0. The summed E-state index contributed by atoms with van der Waals surface area (Å²) in [6.45, 7) is 3.45. The van der Waals surface area contributed by atoms with Gasteiger partial charge in [0.15, 0.2) is 5.75 Å². The Balaban J connectivity index is 1.36. The summed E-state index contributed by atoms with van der Waals surface area (Å²) in [7, 11) is 0. The minimum absolute atomic E-state index is 0.0874. The molecule has 0 saturated carbocycles. The second-order valence-corrected chi connectivity index (χ2v) is 9.53. The molecule has 1 atom stereocenters. The first-order chi connectivity index (χ1) is 18.8. The van der Waals surface area contributed by atoms with Crippen LogP contribution in [0.15, 0.2) is 94.5 Å². The van der Waals surface area contributed by atoms with Crippen LogP contribution in [-0.4, -0.2) is 28.2 Å². The Labute approximate surface area is 224 Å². The average Bonchev–Trinajstić information content (AvgIpc) is 2.95. The minimum Gasteiger partial charge on any atom is -0.485 e. The number of aromatic nitrogens is 1. The Bertz CT molecular complexity index is 1710. The molecule has 8 nitrogen and oxygen atoms in total. The molecule has 0 amide bonds. The molecule has 4 aromatic carbocycles. The first-order valence-electron chi connectivity index (χ1n) is 12.6. The number of hydrogen-bond acceptors (Lipinski definition) is 7. The lowest BCUT2D eigenvalue weighted by Crippen LogP contribution is -2.42. The molecule has 0 aliphatic carbocycles. The standard InChI is InChI=1S/C31H27N3O5/c1-18(2)39-29-26(27(35)28(29)36)33-25(31(37)38)16-19-12-14-22(15-13-19)32-30-23-11-7-6-10-21(23)17-24(34-30)20-8-4-3-5-9-20/h3-15,17-18,25,33H,16H2,1-2H3,(H,32,34)(H,37,38)/t25-/m0/s1. The van der Waals surface area contributed by atoms with Crippen LogP contribution in [0.1, 0.15) is 19.4 Å². The molecule has 196 valence electrons. The number of hydrogen-bond donors (Lipinski definition) is 3. The van der Waals surface area contributed by atoms with Crippen LogP contribution < -0.4 is 26.2 Å². The van der Waals surface area contributed by atoms with E-state index in [0.29, 0.717) is 5.82 Å². The lowest BCUT2D eigenvalue weighted by molar-refractivity contribution is -0.137. The largest absolute Gasteiger partial charge is 0.485 e. The molecule has 0 aliphatic rings. The maximum atomic E-state index is 12.0. The zero-order valence-corrected chi connectivity index (χ0v) is 21.5. The van der Waals surface area contributed by atoms with E-state index in [9.17, 15) is 19.5 Å². The van der Waals surface area contributed by atoms with Crippen molar-refractivity contribution in [2.75, 3.05) is 10.6 Å². The van der Waals surface area contributed by atoms with E-state index >= 15 is 0 Å². The molecular formula is C31H27N3O5. The summed E-state index contributed by atoms with van der Waals surface area (Å²) >= 11 is 0. The van der Waals surface area contributed by atoms with Crippen LogP contribution in [0, 0.1) is 0 Å². The molecule has 1 heterocycles. The number of aliphatic carboxylic acids is 1. The van der Waals surface area contributed by atoms with Crippen molar-refractivity contribution >= 4 is 33.9 Å². The first-order valence-corrected chi connectivity index (χ1v) is 12.6. The molecular weight excluding hydrogens is 494 g/mol. The second kappa shape index (κ2) is 10.8. The number of carboxylic acids is 1. The number of rotatable bonds is 10. The Morgan fingerprint density at radius 2 is 1.62 bits per heavy atom. The number of carboxylic acid groups (broad SMARTS) is 1. The van der Waals surface area contributed by atoms with Crippen molar-refractivity contribution in [3.63, 3.8) is 0 Å². The number of anilines is 3. The summed E-state index contributed by atoms with van der Waals surface area (Å²) in [5.41, 5.74) is 1.78. The molecule has 0 saturated heterocycles. The summed E-state index contributed by atoms with van der Waals surface area (Å²) in [4.78, 5) is 40.7. The summed E-state index contributed by atoms with van der Waals surface area (Å²) in [6, 6.07) is 26.2. The SMILES string of the molecule is CC(C)Oc1c(N[C@@H](Cc2ccc(Nc3nc(-c4ccccc4)cc4ccccc34)cc2)C(=O)O)c(=O)c1=O. The van der Waals surface area contributed by atoms with Crippen molar-refractivity contribution in [1.29, 1.82) is 0 Å². The highest BCUT2D eigenvalue weighted by molar-refractivity contribution is 5.95. The third-order valence-corrected chi connectivity index (χ3v) is 6.30. The van der Waals surface area contributed by atoms with Crippen LogP contribution in [0.25, 0.3) is 22.0 Å². The summed E-state index contributed by atoms with van der Waals surface area (Å²) in [6.07, 6.45) is -0.225. The van der Waals surface area contributed by atoms with Crippen LogP contribution in [-0.2, 0) is 11.2 Å². The second-order valence-electron chi connectivity index (χ2n) is 9.53. The predicted octanol–water partition coefficient (Wildman–Crippen LogP) is 5.14. The molecule has 0 spiro atoms. The van der Waals surface area contributed by atoms with Crippen molar-refractivity contribution in [2.45, 2.75) is 32.4 Å². The average molecular weight is 522 g/mol. The molecule has 5 aromatic rings.